The van der Waals surface area contributed by atoms with Gasteiger partial charge in [0, 0.05) is 0 Å². The molecule has 0 aromatic heterocycles. The van der Waals surface area contributed by atoms with E-state index in [0.717, 1.165) is 5.69 Å². The Morgan fingerprint density at radius 1 is 0.889 bits per heavy atom. The van der Waals surface area contributed by atoms with Crippen LogP contribution in [-0.2, 0) is 10.0 Å². The van der Waals surface area contributed by atoms with Crippen LogP contribution in [0.5, 0.6) is 0 Å². The number of para-hydroxylation sites is 2. The molecule has 1 N–H and O–H groups in total. The van der Waals surface area contributed by atoms with Crippen molar-refractivity contribution in [2.45, 2.75) is 4.90 Å². The van der Waals surface area contributed by atoms with Gasteiger partial charge in [0.25, 0.3) is 10.0 Å². The van der Waals surface area contributed by atoms with Crippen molar-refractivity contribution in [3.63, 3.8) is 0 Å². The zero-order valence-electron chi connectivity index (χ0n) is 9.45. The number of nitrogens with zero attached hydrogens (tertiary/aromatic N) is 1. The maximum Gasteiger partial charge on any atom is 0.266 e. The van der Waals surface area contributed by atoms with E-state index in [0.29, 0.717) is 5.69 Å². The Morgan fingerprint density at radius 3 is 2.33 bits per heavy atom. The van der Waals surface area contributed by atoms with E-state index in [4.69, 9.17) is 0 Å². The number of sulfonamides is 1. The van der Waals surface area contributed by atoms with Gasteiger partial charge in [-0.15, -0.1) is 0 Å². The average Bonchev–Trinajstić information content (AvgIpc) is 2.84. The number of benzene rings is 2. The van der Waals surface area contributed by atoms with E-state index in [-0.39, 0.29) is 4.90 Å². The normalized spacial score (nSPS) is 14.1. The molecule has 91 valence electrons. The van der Waals surface area contributed by atoms with Crippen molar-refractivity contribution in [2.24, 2.45) is 0 Å². The smallest absolute Gasteiger partial charge is 0.266 e. The van der Waals surface area contributed by atoms with Crippen LogP contribution in [0.3, 0.4) is 0 Å². The first-order valence-corrected chi connectivity index (χ1v) is 6.92. The van der Waals surface area contributed by atoms with Crippen LogP contribution in [0.25, 0.3) is 0 Å². The second-order valence-electron chi connectivity index (χ2n) is 3.90. The van der Waals surface area contributed by atoms with Crippen LogP contribution >= 0.6 is 0 Å². The van der Waals surface area contributed by atoms with Crippen molar-refractivity contribution in [3.8, 4) is 0 Å². The number of fused-ring (bicyclic) bond motifs is 1. The van der Waals surface area contributed by atoms with Gasteiger partial charge in [0.1, 0.15) is 0 Å². The highest BCUT2D eigenvalue weighted by Crippen LogP contribution is 2.36. The molecule has 0 bridgehead atoms. The fourth-order valence-corrected chi connectivity index (χ4v) is 3.23. The summed E-state index contributed by atoms with van der Waals surface area (Å²) in [5.74, 6) is 0. The van der Waals surface area contributed by atoms with E-state index in [1.54, 1.807) is 36.4 Å². The van der Waals surface area contributed by atoms with Crippen molar-refractivity contribution in [3.05, 3.63) is 61.3 Å². The zero-order chi connectivity index (χ0) is 12.6. The molecular formula is C13H11N2O2S. The van der Waals surface area contributed by atoms with Crippen LogP contribution in [0.4, 0.5) is 11.4 Å². The van der Waals surface area contributed by atoms with Gasteiger partial charge in [-0.1, -0.05) is 30.3 Å². The second-order valence-corrected chi connectivity index (χ2v) is 5.72. The molecule has 1 aliphatic heterocycles. The molecule has 0 fully saturated rings. The molecule has 0 amide bonds. The maximum atomic E-state index is 12.5. The summed E-state index contributed by atoms with van der Waals surface area (Å²) in [4.78, 5) is 0.278. The Bertz CT molecular complexity index is 668. The van der Waals surface area contributed by atoms with Crippen molar-refractivity contribution in [1.29, 1.82) is 0 Å². The third-order valence-electron chi connectivity index (χ3n) is 2.78. The standard InChI is InChI=1S/C13H11N2O2S/c16-18(17,11-6-2-1-3-7-11)15-10-14-12-8-4-5-9-13(12)15/h1-10,14H. The number of hydrogen-bond acceptors (Lipinski definition) is 3. The monoisotopic (exact) mass is 259 g/mol. The Morgan fingerprint density at radius 2 is 1.56 bits per heavy atom. The summed E-state index contributed by atoms with van der Waals surface area (Å²) in [6, 6.07) is 15.7. The van der Waals surface area contributed by atoms with Crippen LogP contribution < -0.4 is 9.62 Å². The minimum atomic E-state index is -3.54. The van der Waals surface area contributed by atoms with Crippen molar-refractivity contribution < 1.29 is 8.42 Å². The molecular weight excluding hydrogens is 248 g/mol. The predicted molar refractivity (Wildman–Crippen MR) is 70.5 cm³/mol. The fourth-order valence-electron chi connectivity index (χ4n) is 1.89. The van der Waals surface area contributed by atoms with Gasteiger partial charge in [0.05, 0.1) is 16.3 Å². The number of nitrogens with one attached hydrogen (secondary N) is 1. The molecule has 3 rings (SSSR count). The molecule has 0 unspecified atom stereocenters. The molecule has 4 nitrogen and oxygen atoms in total. The first-order chi connectivity index (χ1) is 8.69. The highest BCUT2D eigenvalue weighted by Gasteiger charge is 2.30. The molecule has 2 aromatic rings. The van der Waals surface area contributed by atoms with Crippen molar-refractivity contribution >= 4 is 21.4 Å². The van der Waals surface area contributed by atoms with Gasteiger partial charge in [0.15, 0.2) is 6.67 Å². The summed E-state index contributed by atoms with van der Waals surface area (Å²) in [5.41, 5.74) is 1.43. The molecule has 1 radical (unpaired) electrons. The quantitative estimate of drug-likeness (QED) is 0.901. The average molecular weight is 259 g/mol. The third kappa shape index (κ3) is 1.64. The van der Waals surface area contributed by atoms with Crippen LogP contribution in [0, 0.1) is 6.67 Å². The lowest BCUT2D eigenvalue weighted by atomic mass is 10.3. The molecule has 5 heteroatoms. The SMILES string of the molecule is O=S(=O)(c1ccccc1)N1[CH]Nc2ccccc21. The summed E-state index contributed by atoms with van der Waals surface area (Å²) < 4.78 is 26.2. The number of rotatable bonds is 2. The minimum absolute atomic E-state index is 0.278. The molecule has 0 saturated heterocycles. The van der Waals surface area contributed by atoms with Crippen molar-refractivity contribution in [1.82, 2.24) is 0 Å². The van der Waals surface area contributed by atoms with E-state index in [9.17, 15) is 8.42 Å². The third-order valence-corrected chi connectivity index (χ3v) is 4.47. The van der Waals surface area contributed by atoms with Gasteiger partial charge in [0.2, 0.25) is 0 Å². The second kappa shape index (κ2) is 4.03. The van der Waals surface area contributed by atoms with Crippen LogP contribution in [0.15, 0.2) is 59.5 Å². The lowest BCUT2D eigenvalue weighted by Crippen LogP contribution is -2.26. The van der Waals surface area contributed by atoms with E-state index < -0.39 is 10.0 Å². The first kappa shape index (κ1) is 11.1. The van der Waals surface area contributed by atoms with Gasteiger partial charge in [-0.3, -0.25) is 0 Å². The summed E-state index contributed by atoms with van der Waals surface area (Å²) in [7, 11) is -3.54. The highest BCUT2D eigenvalue weighted by molar-refractivity contribution is 7.93. The lowest BCUT2D eigenvalue weighted by Gasteiger charge is -2.17. The zero-order valence-corrected chi connectivity index (χ0v) is 10.3. The van der Waals surface area contributed by atoms with Crippen LogP contribution in [0.1, 0.15) is 0 Å². The van der Waals surface area contributed by atoms with Crippen LogP contribution in [0.2, 0.25) is 0 Å². The molecule has 0 aliphatic carbocycles. The maximum absolute atomic E-state index is 12.5. The predicted octanol–water partition coefficient (Wildman–Crippen LogP) is 2.43. The van der Waals surface area contributed by atoms with E-state index in [2.05, 4.69) is 5.32 Å². The van der Waals surface area contributed by atoms with E-state index >= 15 is 0 Å². The van der Waals surface area contributed by atoms with Gasteiger partial charge in [-0.2, -0.15) is 0 Å². The Labute approximate surface area is 106 Å². The molecule has 1 aliphatic rings. The van der Waals surface area contributed by atoms with Crippen LogP contribution in [-0.4, -0.2) is 8.42 Å². The Kier molecular flexibility index (Phi) is 2.48. The molecule has 1 heterocycles. The fraction of sp³-hybridized carbons (Fsp3) is 0. The van der Waals surface area contributed by atoms with Gasteiger partial charge < -0.3 is 5.32 Å². The Hall–Kier alpha value is -2.01. The van der Waals surface area contributed by atoms with Gasteiger partial charge >= 0.3 is 0 Å². The Balaban J connectivity index is 2.08. The molecule has 2 aromatic carbocycles. The molecule has 0 saturated carbocycles. The number of anilines is 2. The first-order valence-electron chi connectivity index (χ1n) is 5.48. The summed E-state index contributed by atoms with van der Waals surface area (Å²) >= 11 is 0. The summed E-state index contributed by atoms with van der Waals surface area (Å²) in [6.07, 6.45) is 0. The number of hydrogen-bond donors (Lipinski definition) is 1. The highest BCUT2D eigenvalue weighted by atomic mass is 32.2. The molecule has 0 atom stereocenters. The topological polar surface area (TPSA) is 49.4 Å². The lowest BCUT2D eigenvalue weighted by molar-refractivity contribution is 0.595. The summed E-state index contributed by atoms with van der Waals surface area (Å²) in [5, 5.41) is 2.95. The van der Waals surface area contributed by atoms with Gasteiger partial charge in [-0.05, 0) is 24.3 Å². The molecule has 0 spiro atoms. The van der Waals surface area contributed by atoms with Gasteiger partial charge in [-0.25, -0.2) is 12.7 Å². The van der Waals surface area contributed by atoms with Crippen molar-refractivity contribution in [2.75, 3.05) is 9.62 Å². The van der Waals surface area contributed by atoms with E-state index in [1.807, 2.05) is 18.2 Å². The molecule has 18 heavy (non-hydrogen) atoms. The summed E-state index contributed by atoms with van der Waals surface area (Å²) in [6.45, 7) is 1.47. The minimum Gasteiger partial charge on any atom is -0.359 e. The van der Waals surface area contributed by atoms with E-state index in [1.165, 1.54) is 11.0 Å². The largest absolute Gasteiger partial charge is 0.359 e.